The highest BCUT2D eigenvalue weighted by Crippen LogP contribution is 2.57. The molecule has 0 N–H and O–H groups in total. The monoisotopic (exact) mass is 505 g/mol. The lowest BCUT2D eigenvalue weighted by atomic mass is 9.77. The van der Waals surface area contributed by atoms with Gasteiger partial charge in [0, 0.05) is 21.2 Å². The van der Waals surface area contributed by atoms with Crippen molar-refractivity contribution in [1.29, 1.82) is 0 Å². The summed E-state index contributed by atoms with van der Waals surface area (Å²) < 4.78 is 6.24. The average molecular weight is 506 g/mol. The molecule has 0 unspecified atom stereocenters. The van der Waals surface area contributed by atoms with Gasteiger partial charge in [-0.2, -0.15) is 0 Å². The topological polar surface area (TPSA) is 80.8 Å². The maximum absolute atomic E-state index is 13.8. The van der Waals surface area contributed by atoms with Crippen molar-refractivity contribution < 1.29 is 23.9 Å². The number of rotatable bonds is 3. The average Bonchev–Trinajstić information content (AvgIpc) is 3.42. The number of ketones is 2. The zero-order chi connectivity index (χ0) is 24.5. The van der Waals surface area contributed by atoms with Gasteiger partial charge in [0.25, 0.3) is 0 Å². The van der Waals surface area contributed by atoms with Crippen LogP contribution in [0.4, 0.5) is 0 Å². The first kappa shape index (κ1) is 22.2. The van der Waals surface area contributed by atoms with E-state index in [1.165, 1.54) is 0 Å². The number of halogens is 2. The van der Waals surface area contributed by atoms with Crippen LogP contribution in [0.5, 0.6) is 0 Å². The normalized spacial score (nSPS) is 24.4. The number of Topliss-reactive ketones (excluding diaryl/α,β-unsaturated/α-hetero) is 2. The first-order valence-corrected chi connectivity index (χ1v) is 11.8. The number of imide groups is 1. The fourth-order valence-electron chi connectivity index (χ4n) is 5.46. The van der Waals surface area contributed by atoms with Crippen molar-refractivity contribution in [2.24, 2.45) is 11.8 Å². The summed E-state index contributed by atoms with van der Waals surface area (Å²) >= 11 is 12.0. The molecule has 1 spiro atoms. The van der Waals surface area contributed by atoms with E-state index in [1.807, 2.05) is 0 Å². The molecule has 3 aliphatic rings. The molecule has 2 heterocycles. The van der Waals surface area contributed by atoms with Gasteiger partial charge in [-0.1, -0.05) is 71.7 Å². The minimum absolute atomic E-state index is 0.000578. The third kappa shape index (κ3) is 3.07. The van der Waals surface area contributed by atoms with Crippen LogP contribution in [0.3, 0.4) is 0 Å². The van der Waals surface area contributed by atoms with E-state index in [-0.39, 0.29) is 17.7 Å². The first-order valence-electron chi connectivity index (χ1n) is 11.0. The molecule has 0 bridgehead atoms. The third-order valence-corrected chi connectivity index (χ3v) is 7.57. The van der Waals surface area contributed by atoms with Crippen LogP contribution in [0, 0.1) is 11.8 Å². The Kier molecular flexibility index (Phi) is 4.97. The molecule has 8 heteroatoms. The van der Waals surface area contributed by atoms with Crippen LogP contribution in [-0.2, 0) is 20.9 Å². The van der Waals surface area contributed by atoms with Crippen molar-refractivity contribution in [2.75, 3.05) is 0 Å². The van der Waals surface area contributed by atoms with Gasteiger partial charge in [-0.3, -0.25) is 24.1 Å². The van der Waals surface area contributed by atoms with Gasteiger partial charge in [0.15, 0.2) is 0 Å². The number of ether oxygens (including phenoxy) is 1. The fraction of sp³-hybridized carbons (Fsp3) is 0.185. The van der Waals surface area contributed by atoms with Crippen LogP contribution < -0.4 is 0 Å². The number of likely N-dealkylation sites (tertiary alicyclic amines) is 1. The minimum atomic E-state index is -2.08. The lowest BCUT2D eigenvalue weighted by Crippen LogP contribution is -2.50. The van der Waals surface area contributed by atoms with E-state index in [0.29, 0.717) is 21.2 Å². The zero-order valence-corrected chi connectivity index (χ0v) is 19.6. The molecule has 3 aromatic carbocycles. The summed E-state index contributed by atoms with van der Waals surface area (Å²) in [5.41, 5.74) is -0.428. The Balaban J connectivity index is 1.48. The number of hydrogen-bond donors (Lipinski definition) is 0. The second-order valence-electron chi connectivity index (χ2n) is 8.92. The quantitative estimate of drug-likeness (QED) is 0.381. The van der Waals surface area contributed by atoms with E-state index < -0.39 is 46.9 Å². The molecule has 2 amide bonds. The molecule has 0 saturated carbocycles. The highest BCUT2D eigenvalue weighted by molar-refractivity contribution is 6.35. The predicted octanol–water partition coefficient (Wildman–Crippen LogP) is 4.68. The lowest BCUT2D eigenvalue weighted by Gasteiger charge is -2.27. The van der Waals surface area contributed by atoms with Gasteiger partial charge in [-0.05, 0) is 35.4 Å². The molecular formula is C27H17Cl2NO5. The summed E-state index contributed by atoms with van der Waals surface area (Å²) in [6.45, 7) is 0.000578. The standard InChI is InChI=1S/C27H17Cl2NO5/c28-16-9-5-14(6-10-16)13-30-25(33)20-21(26(30)34)27(35-22(20)15-7-11-17(29)12-8-15)23(31)18-3-1-2-4-19(18)24(27)32/h1-12,20-22H,13H2/t20-,21+,22+/m1/s1. The third-order valence-electron chi connectivity index (χ3n) is 7.06. The molecule has 174 valence electrons. The zero-order valence-electron chi connectivity index (χ0n) is 18.1. The number of carbonyl (C=O) groups is 4. The second kappa shape index (κ2) is 7.85. The lowest BCUT2D eigenvalue weighted by molar-refractivity contribution is -0.145. The first-order chi connectivity index (χ1) is 16.8. The van der Waals surface area contributed by atoms with Gasteiger partial charge in [-0.25, -0.2) is 0 Å². The summed E-state index contributed by atoms with van der Waals surface area (Å²) in [6.07, 6.45) is -0.967. The molecular weight excluding hydrogens is 489 g/mol. The highest BCUT2D eigenvalue weighted by atomic mass is 35.5. The van der Waals surface area contributed by atoms with Crippen LogP contribution in [-0.4, -0.2) is 33.9 Å². The van der Waals surface area contributed by atoms with Crippen molar-refractivity contribution >= 4 is 46.6 Å². The summed E-state index contributed by atoms with van der Waals surface area (Å²) in [5, 5.41) is 1.01. The maximum atomic E-state index is 13.8. The van der Waals surface area contributed by atoms with Crippen LogP contribution in [0.1, 0.15) is 37.9 Å². The Morgan fingerprint density at radius 3 is 1.86 bits per heavy atom. The van der Waals surface area contributed by atoms with Crippen LogP contribution in [0.2, 0.25) is 10.0 Å². The maximum Gasteiger partial charge on any atom is 0.237 e. The molecule has 0 aromatic heterocycles. The summed E-state index contributed by atoms with van der Waals surface area (Å²) in [4.78, 5) is 56.0. The highest BCUT2D eigenvalue weighted by Gasteiger charge is 2.74. The minimum Gasteiger partial charge on any atom is -0.349 e. The van der Waals surface area contributed by atoms with E-state index >= 15 is 0 Å². The molecule has 0 radical (unpaired) electrons. The van der Waals surface area contributed by atoms with E-state index in [0.717, 1.165) is 4.90 Å². The largest absolute Gasteiger partial charge is 0.349 e. The Hall–Kier alpha value is -3.32. The Morgan fingerprint density at radius 2 is 1.29 bits per heavy atom. The van der Waals surface area contributed by atoms with Gasteiger partial charge < -0.3 is 4.74 Å². The van der Waals surface area contributed by atoms with Crippen molar-refractivity contribution in [1.82, 2.24) is 4.90 Å². The van der Waals surface area contributed by atoms with Crippen LogP contribution >= 0.6 is 23.2 Å². The van der Waals surface area contributed by atoms with Crippen LogP contribution in [0.15, 0.2) is 72.8 Å². The predicted molar refractivity (Wildman–Crippen MR) is 127 cm³/mol. The molecule has 2 fully saturated rings. The van der Waals surface area contributed by atoms with Crippen molar-refractivity contribution in [3.63, 3.8) is 0 Å². The number of fused-ring (bicyclic) bond motifs is 3. The smallest absolute Gasteiger partial charge is 0.237 e. The number of benzene rings is 3. The van der Waals surface area contributed by atoms with Crippen LogP contribution in [0.25, 0.3) is 0 Å². The molecule has 3 atom stereocenters. The Bertz CT molecular complexity index is 1380. The van der Waals surface area contributed by atoms with Gasteiger partial charge in [-0.15, -0.1) is 0 Å². The van der Waals surface area contributed by atoms with Crippen molar-refractivity contribution in [3.05, 3.63) is 105 Å². The van der Waals surface area contributed by atoms with E-state index in [2.05, 4.69) is 0 Å². The van der Waals surface area contributed by atoms with Gasteiger partial charge in [0.2, 0.25) is 29.0 Å². The molecule has 6 nitrogen and oxygen atoms in total. The Morgan fingerprint density at radius 1 is 0.743 bits per heavy atom. The Labute approximate surface area is 210 Å². The second-order valence-corrected chi connectivity index (χ2v) is 9.79. The molecule has 2 aliphatic heterocycles. The summed E-state index contributed by atoms with van der Waals surface area (Å²) in [5.74, 6) is -4.55. The molecule has 6 rings (SSSR count). The summed E-state index contributed by atoms with van der Waals surface area (Å²) in [6, 6.07) is 19.8. The number of nitrogens with zero attached hydrogens (tertiary/aromatic N) is 1. The van der Waals surface area contributed by atoms with Gasteiger partial charge in [0.1, 0.15) is 0 Å². The molecule has 1 aliphatic carbocycles. The summed E-state index contributed by atoms with van der Waals surface area (Å²) in [7, 11) is 0. The number of amides is 2. The van der Waals surface area contributed by atoms with Crippen molar-refractivity contribution in [3.8, 4) is 0 Å². The van der Waals surface area contributed by atoms with E-state index in [9.17, 15) is 19.2 Å². The molecule has 2 saturated heterocycles. The van der Waals surface area contributed by atoms with Crippen molar-refractivity contribution in [2.45, 2.75) is 18.2 Å². The van der Waals surface area contributed by atoms with Gasteiger partial charge in [0.05, 0.1) is 24.5 Å². The fourth-order valence-corrected chi connectivity index (χ4v) is 5.71. The molecule has 3 aromatic rings. The molecule has 35 heavy (non-hydrogen) atoms. The van der Waals surface area contributed by atoms with E-state index in [4.69, 9.17) is 27.9 Å². The number of hydrogen-bond acceptors (Lipinski definition) is 5. The number of carbonyl (C=O) groups excluding carboxylic acids is 4. The van der Waals surface area contributed by atoms with E-state index in [1.54, 1.807) is 72.8 Å². The van der Waals surface area contributed by atoms with Gasteiger partial charge >= 0.3 is 0 Å². The SMILES string of the molecule is O=C1[C@@H]2[C@@H](C(=O)N1Cc1ccc(Cl)cc1)C1(O[C@H]2c2ccc(Cl)cc2)C(=O)c2ccccc2C1=O.